The Kier molecular flexibility index (Phi) is 5.05. The number of hydrogen-bond acceptors (Lipinski definition) is 5. The summed E-state index contributed by atoms with van der Waals surface area (Å²) in [6, 6.07) is 9.75. The molecule has 0 N–H and O–H groups in total. The van der Waals surface area contributed by atoms with Crippen molar-refractivity contribution < 1.29 is 9.53 Å². The van der Waals surface area contributed by atoms with Crippen molar-refractivity contribution in [1.82, 2.24) is 15.1 Å². The fourth-order valence-corrected chi connectivity index (χ4v) is 3.48. The van der Waals surface area contributed by atoms with Gasteiger partial charge in [0.05, 0.1) is 6.20 Å². The highest BCUT2D eigenvalue weighted by Gasteiger charge is 2.25. The quantitative estimate of drug-likeness (QED) is 0.832. The lowest BCUT2D eigenvalue weighted by atomic mass is 9.96. The number of benzene rings is 1. The van der Waals surface area contributed by atoms with Gasteiger partial charge >= 0.3 is 6.09 Å². The Morgan fingerprint density at radius 1 is 1.19 bits per heavy atom. The van der Waals surface area contributed by atoms with Gasteiger partial charge in [0.25, 0.3) is 0 Å². The minimum atomic E-state index is -0.262. The molecule has 0 atom stereocenters. The van der Waals surface area contributed by atoms with E-state index in [0.717, 1.165) is 36.5 Å². The maximum absolute atomic E-state index is 12.4. The molecule has 2 aromatic rings. The van der Waals surface area contributed by atoms with Crippen molar-refractivity contribution in [2.45, 2.75) is 26.4 Å². The van der Waals surface area contributed by atoms with Gasteiger partial charge in [-0.05, 0) is 36.5 Å². The second kappa shape index (κ2) is 7.78. The third kappa shape index (κ3) is 3.79. The molecule has 1 aromatic heterocycles. The number of carbonyl (C=O) groups excluding carboxylic acids is 1. The Morgan fingerprint density at radius 2 is 2.00 bits per heavy atom. The van der Waals surface area contributed by atoms with Crippen molar-refractivity contribution in [3.8, 4) is 0 Å². The van der Waals surface area contributed by atoms with Crippen LogP contribution in [0.1, 0.15) is 29.5 Å². The third-order valence-corrected chi connectivity index (χ3v) is 5.17. The standard InChI is InChI=1S/C21H24N4O2/c1-16-14-22-23-20(24-10-5-11-24)19(16)18-8-12-25(13-9-18)21(26)27-15-17-6-3-2-4-7-17/h2-4,6-8,14H,5,9-13,15H2,1H3. The number of anilines is 1. The highest BCUT2D eigenvalue weighted by molar-refractivity contribution is 5.79. The lowest BCUT2D eigenvalue weighted by Crippen LogP contribution is -2.39. The summed E-state index contributed by atoms with van der Waals surface area (Å²) in [5.41, 5.74) is 4.56. The van der Waals surface area contributed by atoms with Crippen LogP contribution in [0.5, 0.6) is 0 Å². The molecule has 0 bridgehead atoms. The monoisotopic (exact) mass is 364 g/mol. The molecule has 0 radical (unpaired) electrons. The first-order valence-corrected chi connectivity index (χ1v) is 9.44. The number of nitrogens with zero attached hydrogens (tertiary/aromatic N) is 4. The number of carbonyl (C=O) groups is 1. The van der Waals surface area contributed by atoms with E-state index in [1.807, 2.05) is 36.5 Å². The predicted molar refractivity (Wildman–Crippen MR) is 104 cm³/mol. The molecule has 6 heteroatoms. The number of aromatic nitrogens is 2. The van der Waals surface area contributed by atoms with Gasteiger partial charge in [0.2, 0.25) is 0 Å². The van der Waals surface area contributed by atoms with Crippen LogP contribution in [0.2, 0.25) is 0 Å². The second-order valence-corrected chi connectivity index (χ2v) is 7.03. The van der Waals surface area contributed by atoms with E-state index in [2.05, 4.69) is 28.1 Å². The molecular formula is C21H24N4O2. The van der Waals surface area contributed by atoms with Gasteiger partial charge in [-0.1, -0.05) is 36.4 Å². The Morgan fingerprint density at radius 3 is 2.67 bits per heavy atom. The Balaban J connectivity index is 1.42. The molecule has 0 unspecified atom stereocenters. The minimum absolute atomic E-state index is 0.262. The van der Waals surface area contributed by atoms with Gasteiger partial charge in [0, 0.05) is 31.7 Å². The van der Waals surface area contributed by atoms with Crippen LogP contribution in [0.4, 0.5) is 10.6 Å². The molecule has 0 aliphatic carbocycles. The first-order chi connectivity index (χ1) is 13.2. The van der Waals surface area contributed by atoms with Crippen LogP contribution in [0, 0.1) is 6.92 Å². The van der Waals surface area contributed by atoms with Gasteiger partial charge in [-0.15, -0.1) is 5.10 Å². The van der Waals surface area contributed by atoms with Crippen LogP contribution in [-0.2, 0) is 11.3 Å². The molecule has 6 nitrogen and oxygen atoms in total. The molecule has 2 aliphatic heterocycles. The first-order valence-electron chi connectivity index (χ1n) is 9.44. The minimum Gasteiger partial charge on any atom is -0.445 e. The Hall–Kier alpha value is -2.89. The maximum Gasteiger partial charge on any atom is 0.410 e. The van der Waals surface area contributed by atoms with E-state index in [4.69, 9.17) is 4.74 Å². The van der Waals surface area contributed by atoms with Crippen LogP contribution in [-0.4, -0.2) is 47.4 Å². The average molecular weight is 364 g/mol. The Bertz CT molecular complexity index is 847. The first kappa shape index (κ1) is 17.5. The lowest BCUT2D eigenvalue weighted by molar-refractivity contribution is 0.0998. The number of aryl methyl sites for hydroxylation is 1. The molecule has 3 heterocycles. The summed E-state index contributed by atoms with van der Waals surface area (Å²) in [6.45, 7) is 5.67. The topological polar surface area (TPSA) is 58.6 Å². The summed E-state index contributed by atoms with van der Waals surface area (Å²) < 4.78 is 5.45. The van der Waals surface area contributed by atoms with E-state index in [0.29, 0.717) is 19.7 Å². The lowest BCUT2D eigenvalue weighted by Gasteiger charge is -2.34. The average Bonchev–Trinajstić information content (AvgIpc) is 2.66. The van der Waals surface area contributed by atoms with Crippen molar-refractivity contribution in [2.24, 2.45) is 0 Å². The van der Waals surface area contributed by atoms with Crippen molar-refractivity contribution in [3.63, 3.8) is 0 Å². The summed E-state index contributed by atoms with van der Waals surface area (Å²) in [6.07, 6.45) is 5.69. The summed E-state index contributed by atoms with van der Waals surface area (Å²) in [5, 5.41) is 8.52. The normalized spacial score (nSPS) is 16.6. The van der Waals surface area contributed by atoms with Crippen LogP contribution >= 0.6 is 0 Å². The predicted octanol–water partition coefficient (Wildman–Crippen LogP) is 3.42. The van der Waals surface area contributed by atoms with E-state index >= 15 is 0 Å². The van der Waals surface area contributed by atoms with Crippen molar-refractivity contribution in [2.75, 3.05) is 31.1 Å². The molecule has 1 saturated heterocycles. The molecular weight excluding hydrogens is 340 g/mol. The molecule has 27 heavy (non-hydrogen) atoms. The van der Waals surface area contributed by atoms with Crippen LogP contribution in [0.15, 0.2) is 42.6 Å². The number of hydrogen-bond donors (Lipinski definition) is 0. The highest BCUT2D eigenvalue weighted by atomic mass is 16.6. The fraction of sp³-hybridized carbons (Fsp3) is 0.381. The SMILES string of the molecule is Cc1cnnc(N2CCC2)c1C1=CCN(C(=O)OCc2ccccc2)CC1. The van der Waals surface area contributed by atoms with E-state index in [1.165, 1.54) is 17.6 Å². The molecule has 1 aromatic carbocycles. The highest BCUT2D eigenvalue weighted by Crippen LogP contribution is 2.33. The van der Waals surface area contributed by atoms with Crippen LogP contribution < -0.4 is 4.90 Å². The number of amides is 1. The van der Waals surface area contributed by atoms with Gasteiger partial charge in [-0.25, -0.2) is 4.79 Å². The molecule has 4 rings (SSSR count). The molecule has 140 valence electrons. The van der Waals surface area contributed by atoms with E-state index in [9.17, 15) is 4.79 Å². The second-order valence-electron chi connectivity index (χ2n) is 7.03. The maximum atomic E-state index is 12.4. The number of rotatable bonds is 4. The van der Waals surface area contributed by atoms with E-state index in [-0.39, 0.29) is 6.09 Å². The smallest absolute Gasteiger partial charge is 0.410 e. The van der Waals surface area contributed by atoms with Crippen molar-refractivity contribution >= 4 is 17.5 Å². The summed E-state index contributed by atoms with van der Waals surface area (Å²) in [4.78, 5) is 16.4. The molecule has 0 saturated carbocycles. The summed E-state index contributed by atoms with van der Waals surface area (Å²) in [5.74, 6) is 0.979. The molecule has 2 aliphatic rings. The van der Waals surface area contributed by atoms with Crippen LogP contribution in [0.25, 0.3) is 5.57 Å². The van der Waals surface area contributed by atoms with Gasteiger partial charge in [-0.3, -0.25) is 0 Å². The molecule has 1 fully saturated rings. The largest absolute Gasteiger partial charge is 0.445 e. The molecule has 0 spiro atoms. The summed E-state index contributed by atoms with van der Waals surface area (Å²) in [7, 11) is 0. The third-order valence-electron chi connectivity index (χ3n) is 5.17. The van der Waals surface area contributed by atoms with Gasteiger partial charge in [0.1, 0.15) is 6.61 Å². The fourth-order valence-electron chi connectivity index (χ4n) is 3.48. The van der Waals surface area contributed by atoms with Crippen LogP contribution in [0.3, 0.4) is 0 Å². The Labute approximate surface area is 159 Å². The zero-order valence-corrected chi connectivity index (χ0v) is 15.6. The van der Waals surface area contributed by atoms with Crippen molar-refractivity contribution in [3.05, 3.63) is 59.3 Å². The van der Waals surface area contributed by atoms with Crippen molar-refractivity contribution in [1.29, 1.82) is 0 Å². The zero-order chi connectivity index (χ0) is 18.6. The summed E-state index contributed by atoms with van der Waals surface area (Å²) >= 11 is 0. The van der Waals surface area contributed by atoms with Gasteiger partial charge in [0.15, 0.2) is 5.82 Å². The van der Waals surface area contributed by atoms with Gasteiger partial charge in [-0.2, -0.15) is 5.10 Å². The number of ether oxygens (including phenoxy) is 1. The zero-order valence-electron chi connectivity index (χ0n) is 15.6. The van der Waals surface area contributed by atoms with E-state index < -0.39 is 0 Å². The molecule has 1 amide bonds. The van der Waals surface area contributed by atoms with E-state index in [1.54, 1.807) is 4.90 Å². The van der Waals surface area contributed by atoms with Gasteiger partial charge < -0.3 is 14.5 Å².